The lowest BCUT2D eigenvalue weighted by Crippen LogP contribution is -2.48. The van der Waals surface area contributed by atoms with E-state index in [-0.39, 0.29) is 17.9 Å². The Morgan fingerprint density at radius 3 is 2.86 bits per heavy atom. The van der Waals surface area contributed by atoms with Gasteiger partial charge in [-0.25, -0.2) is 0 Å². The SMILES string of the molecule is CCc1nc(CN2CCCC(NC(=O)C(C)Cc3ccc(OC)cc3)C2)no1. The highest BCUT2D eigenvalue weighted by Crippen LogP contribution is 2.17. The molecule has 2 aromatic rings. The van der Waals surface area contributed by atoms with E-state index in [0.29, 0.717) is 12.4 Å². The Bertz CT molecular complexity index is 759. The first-order chi connectivity index (χ1) is 13.6. The molecule has 28 heavy (non-hydrogen) atoms. The Kier molecular flexibility index (Phi) is 7.03. The summed E-state index contributed by atoms with van der Waals surface area (Å²) in [6.07, 6.45) is 3.52. The van der Waals surface area contributed by atoms with Crippen LogP contribution in [-0.4, -0.2) is 47.2 Å². The van der Waals surface area contributed by atoms with Gasteiger partial charge >= 0.3 is 0 Å². The van der Waals surface area contributed by atoms with Crippen LogP contribution >= 0.6 is 0 Å². The highest BCUT2D eigenvalue weighted by molar-refractivity contribution is 5.78. The summed E-state index contributed by atoms with van der Waals surface area (Å²) in [5.74, 6) is 2.25. The van der Waals surface area contributed by atoms with Gasteiger partial charge in [-0.15, -0.1) is 0 Å². The van der Waals surface area contributed by atoms with Crippen molar-refractivity contribution in [3.8, 4) is 5.75 Å². The molecule has 0 saturated carbocycles. The molecule has 3 rings (SSSR count). The largest absolute Gasteiger partial charge is 0.497 e. The second-order valence-corrected chi connectivity index (χ2v) is 7.49. The molecule has 2 atom stereocenters. The molecule has 0 bridgehead atoms. The number of nitrogens with one attached hydrogen (secondary N) is 1. The number of ether oxygens (including phenoxy) is 1. The second-order valence-electron chi connectivity index (χ2n) is 7.49. The number of nitrogens with zero attached hydrogens (tertiary/aromatic N) is 3. The average molecular weight is 386 g/mol. The number of likely N-dealkylation sites (tertiary alicyclic amines) is 1. The molecule has 1 aliphatic heterocycles. The van der Waals surface area contributed by atoms with Crippen molar-refractivity contribution < 1.29 is 14.1 Å². The lowest BCUT2D eigenvalue weighted by atomic mass is 9.98. The Balaban J connectivity index is 1.48. The zero-order chi connectivity index (χ0) is 19.9. The number of aromatic nitrogens is 2. The van der Waals surface area contributed by atoms with Gasteiger partial charge in [0.25, 0.3) is 0 Å². The number of hydrogen-bond donors (Lipinski definition) is 1. The molecule has 0 spiro atoms. The third kappa shape index (κ3) is 5.55. The molecule has 152 valence electrons. The summed E-state index contributed by atoms with van der Waals surface area (Å²) in [5, 5.41) is 7.25. The zero-order valence-electron chi connectivity index (χ0n) is 17.0. The van der Waals surface area contributed by atoms with Gasteiger partial charge in [0.1, 0.15) is 5.75 Å². The topological polar surface area (TPSA) is 80.5 Å². The molecule has 1 aromatic carbocycles. The molecule has 1 fully saturated rings. The van der Waals surface area contributed by atoms with E-state index in [0.717, 1.165) is 55.9 Å². The van der Waals surface area contributed by atoms with Gasteiger partial charge < -0.3 is 14.6 Å². The van der Waals surface area contributed by atoms with Crippen LogP contribution in [0.1, 0.15) is 44.0 Å². The van der Waals surface area contributed by atoms with Crippen molar-refractivity contribution in [1.82, 2.24) is 20.4 Å². The summed E-state index contributed by atoms with van der Waals surface area (Å²) in [6.45, 7) is 6.45. The summed E-state index contributed by atoms with van der Waals surface area (Å²) in [6, 6.07) is 8.06. The Morgan fingerprint density at radius 2 is 2.18 bits per heavy atom. The Labute approximate surface area is 166 Å². The first-order valence-electron chi connectivity index (χ1n) is 10.0. The number of piperidine rings is 1. The number of hydrogen-bond acceptors (Lipinski definition) is 6. The molecule has 7 heteroatoms. The van der Waals surface area contributed by atoms with E-state index in [2.05, 4.69) is 20.4 Å². The average Bonchev–Trinajstić information content (AvgIpc) is 3.16. The maximum atomic E-state index is 12.7. The quantitative estimate of drug-likeness (QED) is 0.751. The van der Waals surface area contributed by atoms with E-state index in [9.17, 15) is 4.79 Å². The number of rotatable bonds is 8. The fraction of sp³-hybridized carbons (Fsp3) is 0.571. The number of carbonyl (C=O) groups excluding carboxylic acids is 1. The molecule has 0 aliphatic carbocycles. The van der Waals surface area contributed by atoms with Gasteiger partial charge in [-0.3, -0.25) is 9.69 Å². The van der Waals surface area contributed by atoms with Crippen LogP contribution in [0.2, 0.25) is 0 Å². The number of methoxy groups -OCH3 is 1. The minimum Gasteiger partial charge on any atom is -0.497 e. The number of aryl methyl sites for hydroxylation is 1. The normalized spacial score (nSPS) is 18.6. The highest BCUT2D eigenvalue weighted by Gasteiger charge is 2.24. The monoisotopic (exact) mass is 386 g/mol. The number of benzene rings is 1. The maximum absolute atomic E-state index is 12.7. The summed E-state index contributed by atoms with van der Waals surface area (Å²) in [5.41, 5.74) is 1.14. The van der Waals surface area contributed by atoms with Crippen LogP contribution in [0.3, 0.4) is 0 Å². The van der Waals surface area contributed by atoms with Crippen LogP contribution in [-0.2, 0) is 24.2 Å². The van der Waals surface area contributed by atoms with E-state index in [1.165, 1.54) is 0 Å². The van der Waals surface area contributed by atoms with Crippen molar-refractivity contribution in [3.63, 3.8) is 0 Å². The summed E-state index contributed by atoms with van der Waals surface area (Å²) >= 11 is 0. The smallest absolute Gasteiger partial charge is 0.226 e. The van der Waals surface area contributed by atoms with Gasteiger partial charge in [-0.2, -0.15) is 4.98 Å². The fourth-order valence-electron chi connectivity index (χ4n) is 3.57. The first-order valence-corrected chi connectivity index (χ1v) is 10.0. The van der Waals surface area contributed by atoms with Crippen molar-refractivity contribution >= 4 is 5.91 Å². The van der Waals surface area contributed by atoms with Crippen LogP contribution in [0.25, 0.3) is 0 Å². The molecule has 1 aromatic heterocycles. The van der Waals surface area contributed by atoms with E-state index >= 15 is 0 Å². The van der Waals surface area contributed by atoms with Gasteiger partial charge in [0, 0.05) is 24.9 Å². The van der Waals surface area contributed by atoms with Crippen LogP contribution < -0.4 is 10.1 Å². The van der Waals surface area contributed by atoms with Gasteiger partial charge in [0.15, 0.2) is 5.82 Å². The maximum Gasteiger partial charge on any atom is 0.226 e. The van der Waals surface area contributed by atoms with Crippen LogP contribution in [0, 0.1) is 5.92 Å². The molecule has 1 aliphatic rings. The van der Waals surface area contributed by atoms with Crippen molar-refractivity contribution in [2.75, 3.05) is 20.2 Å². The molecular formula is C21H30N4O3. The predicted octanol–water partition coefficient (Wildman–Crippen LogP) is 2.60. The minimum absolute atomic E-state index is 0.0758. The molecule has 2 heterocycles. The number of carbonyl (C=O) groups is 1. The second kappa shape index (κ2) is 9.68. The minimum atomic E-state index is -0.0758. The predicted molar refractivity (Wildman–Crippen MR) is 106 cm³/mol. The molecule has 7 nitrogen and oxygen atoms in total. The van der Waals surface area contributed by atoms with E-state index < -0.39 is 0 Å². The summed E-state index contributed by atoms with van der Waals surface area (Å²) < 4.78 is 10.4. The highest BCUT2D eigenvalue weighted by atomic mass is 16.5. The van der Waals surface area contributed by atoms with Crippen LogP contribution in [0.5, 0.6) is 5.75 Å². The standard InChI is InChI=1S/C21H30N4O3/c1-4-20-23-19(24-28-20)14-25-11-5-6-17(13-25)22-21(26)15(2)12-16-7-9-18(27-3)10-8-16/h7-10,15,17H,4-6,11-14H2,1-3H3,(H,22,26). The van der Waals surface area contributed by atoms with Gasteiger partial charge in [0.05, 0.1) is 13.7 Å². The lowest BCUT2D eigenvalue weighted by molar-refractivity contribution is -0.125. The first kappa shape index (κ1) is 20.3. The fourth-order valence-corrected chi connectivity index (χ4v) is 3.57. The van der Waals surface area contributed by atoms with Crippen molar-refractivity contribution in [2.24, 2.45) is 5.92 Å². The zero-order valence-corrected chi connectivity index (χ0v) is 17.0. The van der Waals surface area contributed by atoms with E-state index in [1.807, 2.05) is 38.1 Å². The van der Waals surface area contributed by atoms with Gasteiger partial charge in [-0.05, 0) is 43.5 Å². The van der Waals surface area contributed by atoms with Crippen molar-refractivity contribution in [1.29, 1.82) is 0 Å². The van der Waals surface area contributed by atoms with Gasteiger partial charge in [-0.1, -0.05) is 31.1 Å². The molecular weight excluding hydrogens is 356 g/mol. The summed E-state index contributed by atoms with van der Waals surface area (Å²) in [4.78, 5) is 19.3. The molecule has 1 saturated heterocycles. The van der Waals surface area contributed by atoms with Crippen molar-refractivity contribution in [2.45, 2.75) is 52.1 Å². The van der Waals surface area contributed by atoms with Crippen molar-refractivity contribution in [3.05, 3.63) is 41.5 Å². The van der Waals surface area contributed by atoms with Crippen LogP contribution in [0.4, 0.5) is 0 Å². The number of amides is 1. The summed E-state index contributed by atoms with van der Waals surface area (Å²) in [7, 11) is 1.65. The molecule has 2 unspecified atom stereocenters. The lowest BCUT2D eigenvalue weighted by Gasteiger charge is -2.32. The van der Waals surface area contributed by atoms with E-state index in [1.54, 1.807) is 7.11 Å². The Hall–Kier alpha value is -2.41. The van der Waals surface area contributed by atoms with E-state index in [4.69, 9.17) is 9.26 Å². The molecule has 1 amide bonds. The van der Waals surface area contributed by atoms with Crippen LogP contribution in [0.15, 0.2) is 28.8 Å². The third-order valence-electron chi connectivity index (χ3n) is 5.18. The third-order valence-corrected chi connectivity index (χ3v) is 5.18. The molecule has 0 radical (unpaired) electrons. The van der Waals surface area contributed by atoms with Gasteiger partial charge in [0.2, 0.25) is 11.8 Å². The Morgan fingerprint density at radius 1 is 1.39 bits per heavy atom. The molecule has 1 N–H and O–H groups in total.